The third-order valence-electron chi connectivity index (χ3n) is 4.00. The zero-order valence-corrected chi connectivity index (χ0v) is 13.1. The summed E-state index contributed by atoms with van der Waals surface area (Å²) in [4.78, 5) is 16.5. The molecule has 21 heavy (non-hydrogen) atoms. The van der Waals surface area contributed by atoms with E-state index in [9.17, 15) is 4.79 Å². The van der Waals surface area contributed by atoms with Crippen LogP contribution in [-0.4, -0.2) is 10.9 Å². The molecule has 1 heterocycles. The Labute approximate surface area is 128 Å². The largest absolute Gasteiger partial charge is 0.389 e. The van der Waals surface area contributed by atoms with Crippen molar-refractivity contribution >= 4 is 27.4 Å². The molecule has 110 valence electrons. The zero-order chi connectivity index (χ0) is 15.0. The lowest BCUT2D eigenvalue weighted by atomic mass is 9.85. The molecule has 0 radical (unpaired) electrons. The van der Waals surface area contributed by atoms with Gasteiger partial charge < -0.3 is 11.1 Å². The van der Waals surface area contributed by atoms with Gasteiger partial charge in [0.1, 0.15) is 10.7 Å². The van der Waals surface area contributed by atoms with Gasteiger partial charge in [-0.25, -0.2) is 4.98 Å². The molecule has 1 aliphatic rings. The maximum Gasteiger partial charge on any atom is 0.229 e. The molecule has 3 N–H and O–H groups in total. The van der Waals surface area contributed by atoms with Crippen LogP contribution >= 0.6 is 11.3 Å². The Balaban J connectivity index is 1.85. The van der Waals surface area contributed by atoms with Gasteiger partial charge in [-0.05, 0) is 32.3 Å². The molecule has 1 saturated carbocycles. The highest BCUT2D eigenvalue weighted by atomic mass is 32.1. The number of thiazole rings is 1. The SMILES string of the molecule is Cc1ccc(-c2nc(NC(=O)C3CCC3)sc2N)c(C)c1. The molecule has 0 unspecified atom stereocenters. The van der Waals surface area contributed by atoms with Gasteiger partial charge in [-0.2, -0.15) is 0 Å². The van der Waals surface area contributed by atoms with Crippen molar-refractivity contribution in [3.8, 4) is 11.3 Å². The standard InChI is InChI=1S/C16H19N3OS/c1-9-6-7-12(10(2)8-9)13-14(17)21-16(18-13)19-15(20)11-4-3-5-11/h6-8,11H,3-5,17H2,1-2H3,(H,18,19,20). The van der Waals surface area contributed by atoms with E-state index in [1.165, 1.54) is 16.9 Å². The molecular formula is C16H19N3OS. The molecule has 4 nitrogen and oxygen atoms in total. The Kier molecular flexibility index (Phi) is 3.68. The minimum atomic E-state index is 0.0715. The van der Waals surface area contributed by atoms with Crippen LogP contribution in [0.3, 0.4) is 0 Å². The molecular weight excluding hydrogens is 282 g/mol. The molecule has 1 aliphatic carbocycles. The lowest BCUT2D eigenvalue weighted by molar-refractivity contribution is -0.122. The second kappa shape index (κ2) is 5.48. The van der Waals surface area contributed by atoms with Gasteiger partial charge in [0, 0.05) is 11.5 Å². The number of aryl methyl sites for hydroxylation is 2. The summed E-state index contributed by atoms with van der Waals surface area (Å²) < 4.78 is 0. The van der Waals surface area contributed by atoms with Crippen molar-refractivity contribution in [2.24, 2.45) is 5.92 Å². The van der Waals surface area contributed by atoms with Crippen molar-refractivity contribution in [1.29, 1.82) is 0 Å². The van der Waals surface area contributed by atoms with E-state index in [0.29, 0.717) is 10.1 Å². The first-order valence-corrected chi connectivity index (χ1v) is 8.01. The fourth-order valence-corrected chi connectivity index (χ4v) is 3.28. The molecule has 3 rings (SSSR count). The summed E-state index contributed by atoms with van der Waals surface area (Å²) >= 11 is 1.34. The van der Waals surface area contributed by atoms with Gasteiger partial charge in [0.15, 0.2) is 5.13 Å². The number of nitrogen functional groups attached to an aromatic ring is 1. The Morgan fingerprint density at radius 2 is 2.14 bits per heavy atom. The summed E-state index contributed by atoms with van der Waals surface area (Å²) in [5.74, 6) is 0.224. The monoisotopic (exact) mass is 301 g/mol. The van der Waals surface area contributed by atoms with Crippen LogP contribution in [0.2, 0.25) is 0 Å². The number of hydrogen-bond acceptors (Lipinski definition) is 4. The van der Waals surface area contributed by atoms with Crippen molar-refractivity contribution in [3.05, 3.63) is 29.3 Å². The van der Waals surface area contributed by atoms with E-state index < -0.39 is 0 Å². The van der Waals surface area contributed by atoms with E-state index in [-0.39, 0.29) is 11.8 Å². The zero-order valence-electron chi connectivity index (χ0n) is 12.3. The molecule has 0 aliphatic heterocycles. The average molecular weight is 301 g/mol. The van der Waals surface area contributed by atoms with Crippen LogP contribution in [0, 0.1) is 19.8 Å². The van der Waals surface area contributed by atoms with E-state index in [0.717, 1.165) is 36.1 Å². The van der Waals surface area contributed by atoms with Crippen LogP contribution in [0.15, 0.2) is 18.2 Å². The van der Waals surface area contributed by atoms with Crippen molar-refractivity contribution < 1.29 is 4.79 Å². The lowest BCUT2D eigenvalue weighted by Crippen LogP contribution is -2.27. The number of nitrogens with one attached hydrogen (secondary N) is 1. The average Bonchev–Trinajstić information content (AvgIpc) is 2.67. The molecule has 0 atom stereocenters. The number of carbonyl (C=O) groups is 1. The van der Waals surface area contributed by atoms with Crippen LogP contribution in [0.5, 0.6) is 0 Å². The van der Waals surface area contributed by atoms with Crippen molar-refractivity contribution in [3.63, 3.8) is 0 Å². The Morgan fingerprint density at radius 3 is 2.76 bits per heavy atom. The van der Waals surface area contributed by atoms with Gasteiger partial charge >= 0.3 is 0 Å². The molecule has 1 aromatic heterocycles. The van der Waals surface area contributed by atoms with E-state index in [2.05, 4.69) is 23.3 Å². The van der Waals surface area contributed by atoms with Gasteiger partial charge in [0.05, 0.1) is 0 Å². The topological polar surface area (TPSA) is 68.0 Å². The van der Waals surface area contributed by atoms with E-state index in [1.807, 2.05) is 19.1 Å². The first-order valence-electron chi connectivity index (χ1n) is 7.19. The van der Waals surface area contributed by atoms with Crippen molar-refractivity contribution in [1.82, 2.24) is 4.98 Å². The molecule has 1 amide bonds. The fraction of sp³-hybridized carbons (Fsp3) is 0.375. The minimum absolute atomic E-state index is 0.0715. The Morgan fingerprint density at radius 1 is 1.38 bits per heavy atom. The second-order valence-corrected chi connectivity index (χ2v) is 6.70. The number of aromatic nitrogens is 1. The number of benzene rings is 1. The lowest BCUT2D eigenvalue weighted by Gasteiger charge is -2.23. The van der Waals surface area contributed by atoms with E-state index in [1.54, 1.807) is 0 Å². The van der Waals surface area contributed by atoms with E-state index in [4.69, 9.17) is 5.73 Å². The number of hydrogen-bond donors (Lipinski definition) is 2. The number of nitrogens with zero attached hydrogens (tertiary/aromatic N) is 1. The van der Waals surface area contributed by atoms with E-state index >= 15 is 0 Å². The predicted octanol–water partition coefficient (Wildman–Crippen LogP) is 3.75. The van der Waals surface area contributed by atoms with Gasteiger partial charge in [-0.15, -0.1) is 0 Å². The normalized spacial score (nSPS) is 14.8. The highest BCUT2D eigenvalue weighted by molar-refractivity contribution is 7.20. The highest BCUT2D eigenvalue weighted by Gasteiger charge is 2.26. The highest BCUT2D eigenvalue weighted by Crippen LogP contribution is 2.36. The number of anilines is 2. The van der Waals surface area contributed by atoms with Gasteiger partial charge in [-0.1, -0.05) is 41.5 Å². The number of amides is 1. The van der Waals surface area contributed by atoms with Crippen LogP contribution < -0.4 is 11.1 Å². The minimum Gasteiger partial charge on any atom is -0.389 e. The Bertz CT molecular complexity index is 689. The predicted molar refractivity (Wildman–Crippen MR) is 87.4 cm³/mol. The van der Waals surface area contributed by atoms with Crippen molar-refractivity contribution in [2.75, 3.05) is 11.1 Å². The third kappa shape index (κ3) is 2.78. The molecule has 0 bridgehead atoms. The first kappa shape index (κ1) is 14.1. The molecule has 0 spiro atoms. The maximum atomic E-state index is 12.0. The summed E-state index contributed by atoms with van der Waals surface area (Å²) in [5.41, 5.74) is 10.2. The summed E-state index contributed by atoms with van der Waals surface area (Å²) in [6, 6.07) is 6.20. The fourth-order valence-electron chi connectivity index (χ4n) is 2.54. The number of nitrogens with two attached hydrogens (primary N) is 1. The van der Waals surface area contributed by atoms with Gasteiger partial charge in [0.25, 0.3) is 0 Å². The molecule has 0 saturated heterocycles. The Hall–Kier alpha value is -1.88. The second-order valence-electron chi connectivity index (χ2n) is 5.67. The van der Waals surface area contributed by atoms with Crippen molar-refractivity contribution in [2.45, 2.75) is 33.1 Å². The summed E-state index contributed by atoms with van der Waals surface area (Å²) in [5, 5.41) is 4.14. The van der Waals surface area contributed by atoms with Crippen LogP contribution in [0.25, 0.3) is 11.3 Å². The van der Waals surface area contributed by atoms with Crippen LogP contribution in [0.1, 0.15) is 30.4 Å². The number of carbonyl (C=O) groups excluding carboxylic acids is 1. The quantitative estimate of drug-likeness (QED) is 0.907. The van der Waals surface area contributed by atoms with Gasteiger partial charge in [-0.3, -0.25) is 4.79 Å². The summed E-state index contributed by atoms with van der Waals surface area (Å²) in [6.07, 6.45) is 3.11. The summed E-state index contributed by atoms with van der Waals surface area (Å²) in [7, 11) is 0. The van der Waals surface area contributed by atoms with Crippen LogP contribution in [0.4, 0.5) is 10.1 Å². The molecule has 1 aromatic carbocycles. The first-order chi connectivity index (χ1) is 10.0. The molecule has 2 aromatic rings. The van der Waals surface area contributed by atoms with Crippen LogP contribution in [-0.2, 0) is 4.79 Å². The summed E-state index contributed by atoms with van der Waals surface area (Å²) in [6.45, 7) is 4.11. The van der Waals surface area contributed by atoms with Gasteiger partial charge in [0.2, 0.25) is 5.91 Å². The molecule has 5 heteroatoms. The number of rotatable bonds is 3. The third-order valence-corrected chi connectivity index (χ3v) is 4.80. The maximum absolute atomic E-state index is 12.0. The molecule has 1 fully saturated rings. The smallest absolute Gasteiger partial charge is 0.229 e.